The number of carbonyl (C=O) groups is 1. The van der Waals surface area contributed by atoms with Gasteiger partial charge in [0.05, 0.1) is 11.8 Å². The fourth-order valence-corrected chi connectivity index (χ4v) is 4.08. The lowest BCUT2D eigenvalue weighted by Crippen LogP contribution is -2.56. The van der Waals surface area contributed by atoms with Crippen LogP contribution in [0.3, 0.4) is 0 Å². The van der Waals surface area contributed by atoms with Crippen molar-refractivity contribution in [3.05, 3.63) is 35.6 Å². The maximum atomic E-state index is 13.3. The second-order valence-corrected chi connectivity index (χ2v) is 6.37. The number of carbonyl (C=O) groups excluding carboxylic acids is 1. The van der Waals surface area contributed by atoms with Crippen LogP contribution in [0.15, 0.2) is 29.4 Å². The Morgan fingerprint density at radius 2 is 1.91 bits per heavy atom. The number of halogens is 1. The van der Waals surface area contributed by atoms with Crippen molar-refractivity contribution in [2.75, 3.05) is 13.1 Å². The summed E-state index contributed by atoms with van der Waals surface area (Å²) >= 11 is 0. The van der Waals surface area contributed by atoms with Gasteiger partial charge in [0.1, 0.15) is 11.9 Å². The number of benzene rings is 1. The molecule has 2 bridgehead atoms. The first-order valence-electron chi connectivity index (χ1n) is 8.09. The van der Waals surface area contributed by atoms with Crippen molar-refractivity contribution >= 4 is 11.6 Å². The van der Waals surface area contributed by atoms with Crippen LogP contribution in [-0.2, 0) is 4.79 Å². The van der Waals surface area contributed by atoms with Gasteiger partial charge in [-0.3, -0.25) is 9.69 Å². The highest BCUT2D eigenvalue weighted by molar-refractivity contribution is 5.97. The first kappa shape index (κ1) is 13.9. The van der Waals surface area contributed by atoms with Crippen LogP contribution in [0.2, 0.25) is 0 Å². The lowest BCUT2D eigenvalue weighted by atomic mass is 9.78. The van der Waals surface area contributed by atoms with Gasteiger partial charge in [-0.15, -0.1) is 0 Å². The monoisotopic (exact) mass is 301 g/mol. The normalized spacial score (nSPS) is 32.8. The van der Waals surface area contributed by atoms with E-state index in [1.807, 2.05) is 6.92 Å². The van der Waals surface area contributed by atoms with Crippen LogP contribution in [0.5, 0.6) is 0 Å². The first-order chi connectivity index (χ1) is 10.7. The summed E-state index contributed by atoms with van der Waals surface area (Å²) in [5.74, 6) is 0.297. The van der Waals surface area contributed by atoms with Gasteiger partial charge in [-0.25, -0.2) is 9.40 Å². The van der Waals surface area contributed by atoms with Crippen LogP contribution in [0, 0.1) is 11.7 Å². The van der Waals surface area contributed by atoms with E-state index in [1.54, 1.807) is 17.1 Å². The largest absolute Gasteiger partial charge is 0.293 e. The lowest BCUT2D eigenvalue weighted by Gasteiger charge is -2.46. The van der Waals surface area contributed by atoms with Gasteiger partial charge in [0.25, 0.3) is 0 Å². The summed E-state index contributed by atoms with van der Waals surface area (Å²) in [6.07, 6.45) is 2.71. The third-order valence-electron chi connectivity index (χ3n) is 5.20. The smallest absolute Gasteiger partial charge is 0.243 e. The molecule has 0 N–H and O–H groups in total. The molecular weight excluding hydrogens is 281 g/mol. The SMILES string of the molecule is CCC(=O)N1N=C2C3CCN(CC3)[C@H]2[C@H]1c1ccc(F)cc1. The zero-order valence-electron chi connectivity index (χ0n) is 12.7. The maximum Gasteiger partial charge on any atom is 0.243 e. The van der Waals surface area contributed by atoms with Crippen molar-refractivity contribution in [1.29, 1.82) is 0 Å². The van der Waals surface area contributed by atoms with E-state index in [0.29, 0.717) is 12.3 Å². The van der Waals surface area contributed by atoms with E-state index in [0.717, 1.165) is 37.2 Å². The van der Waals surface area contributed by atoms with E-state index in [1.165, 1.54) is 12.1 Å². The van der Waals surface area contributed by atoms with Gasteiger partial charge >= 0.3 is 0 Å². The molecule has 5 rings (SSSR count). The van der Waals surface area contributed by atoms with Gasteiger partial charge in [-0.05, 0) is 43.6 Å². The molecule has 4 aliphatic rings. The minimum atomic E-state index is -0.248. The molecular formula is C17H20FN3O. The number of nitrogens with zero attached hydrogens (tertiary/aromatic N) is 3. The molecule has 0 aliphatic carbocycles. The van der Waals surface area contributed by atoms with Gasteiger partial charge in [-0.2, -0.15) is 5.10 Å². The standard InChI is InChI=1S/C17H20FN3O/c1-2-14(22)21-16(12-3-5-13(18)6-4-12)17-15(19-21)11-7-9-20(17)10-8-11/h3-6,11,16-17H,2,7-10H2,1H3/t16-,17-/m1/s1. The van der Waals surface area contributed by atoms with Gasteiger partial charge in [-0.1, -0.05) is 19.1 Å². The van der Waals surface area contributed by atoms with Gasteiger partial charge in [0.2, 0.25) is 5.91 Å². The molecule has 22 heavy (non-hydrogen) atoms. The van der Waals surface area contributed by atoms with E-state index >= 15 is 0 Å². The number of piperidine rings is 3. The summed E-state index contributed by atoms with van der Waals surface area (Å²) < 4.78 is 13.3. The van der Waals surface area contributed by atoms with Crippen LogP contribution < -0.4 is 0 Å². The highest BCUT2D eigenvalue weighted by atomic mass is 19.1. The van der Waals surface area contributed by atoms with Crippen molar-refractivity contribution < 1.29 is 9.18 Å². The molecule has 116 valence electrons. The van der Waals surface area contributed by atoms with Crippen LogP contribution in [-0.4, -0.2) is 40.7 Å². The number of hydrazone groups is 1. The Kier molecular flexibility index (Phi) is 3.26. The van der Waals surface area contributed by atoms with Crippen LogP contribution in [0.1, 0.15) is 37.8 Å². The predicted octanol–water partition coefficient (Wildman–Crippen LogP) is 2.57. The van der Waals surface area contributed by atoms with Crippen LogP contribution in [0.25, 0.3) is 0 Å². The highest BCUT2D eigenvalue weighted by Crippen LogP contribution is 2.43. The van der Waals surface area contributed by atoms with E-state index in [9.17, 15) is 9.18 Å². The van der Waals surface area contributed by atoms with Crippen molar-refractivity contribution in [2.24, 2.45) is 11.0 Å². The average molecular weight is 301 g/mol. The van der Waals surface area contributed by atoms with E-state index in [4.69, 9.17) is 5.10 Å². The summed E-state index contributed by atoms with van der Waals surface area (Å²) in [4.78, 5) is 14.8. The fourth-order valence-electron chi connectivity index (χ4n) is 4.08. The fraction of sp³-hybridized carbons (Fsp3) is 0.529. The Balaban J connectivity index is 1.76. The van der Waals surface area contributed by atoms with E-state index in [-0.39, 0.29) is 23.8 Å². The molecule has 4 aliphatic heterocycles. The number of amides is 1. The zero-order valence-corrected chi connectivity index (χ0v) is 12.7. The third-order valence-corrected chi connectivity index (χ3v) is 5.20. The molecule has 1 aromatic carbocycles. The Morgan fingerprint density at radius 3 is 2.55 bits per heavy atom. The quantitative estimate of drug-likeness (QED) is 0.841. The minimum Gasteiger partial charge on any atom is -0.293 e. The predicted molar refractivity (Wildman–Crippen MR) is 81.8 cm³/mol. The molecule has 0 unspecified atom stereocenters. The zero-order chi connectivity index (χ0) is 15.3. The molecule has 0 saturated carbocycles. The number of rotatable bonds is 2. The molecule has 1 amide bonds. The van der Waals surface area contributed by atoms with Gasteiger partial charge < -0.3 is 0 Å². The molecule has 5 heteroatoms. The Hall–Kier alpha value is -1.75. The highest BCUT2D eigenvalue weighted by Gasteiger charge is 2.50. The molecule has 3 fully saturated rings. The van der Waals surface area contributed by atoms with Gasteiger partial charge in [0, 0.05) is 12.3 Å². The number of fused-ring (bicyclic) bond motifs is 2. The lowest BCUT2D eigenvalue weighted by molar-refractivity contribution is -0.133. The van der Waals surface area contributed by atoms with Crippen LogP contribution in [0.4, 0.5) is 4.39 Å². The second-order valence-electron chi connectivity index (χ2n) is 6.37. The van der Waals surface area contributed by atoms with Crippen molar-refractivity contribution in [3.8, 4) is 0 Å². The number of hydrogen-bond donors (Lipinski definition) is 0. The van der Waals surface area contributed by atoms with Gasteiger partial charge in [0.15, 0.2) is 0 Å². The third kappa shape index (κ3) is 1.99. The molecule has 4 nitrogen and oxygen atoms in total. The van der Waals surface area contributed by atoms with Crippen molar-refractivity contribution in [3.63, 3.8) is 0 Å². The van der Waals surface area contributed by atoms with Crippen LogP contribution >= 0.6 is 0 Å². The maximum absolute atomic E-state index is 13.3. The second kappa shape index (κ2) is 5.16. The Bertz CT molecular complexity index is 619. The summed E-state index contributed by atoms with van der Waals surface area (Å²) in [5.41, 5.74) is 2.13. The van der Waals surface area contributed by atoms with Crippen molar-refractivity contribution in [2.45, 2.75) is 38.3 Å². The Morgan fingerprint density at radius 1 is 1.23 bits per heavy atom. The van der Waals surface area contributed by atoms with E-state index in [2.05, 4.69) is 4.90 Å². The molecule has 1 aromatic rings. The van der Waals surface area contributed by atoms with Crippen molar-refractivity contribution in [1.82, 2.24) is 9.91 Å². The topological polar surface area (TPSA) is 35.9 Å². The minimum absolute atomic E-state index is 0.0387. The molecule has 0 aromatic heterocycles. The molecule has 3 saturated heterocycles. The molecule has 0 radical (unpaired) electrons. The Labute approximate surface area is 129 Å². The van der Waals surface area contributed by atoms with E-state index < -0.39 is 0 Å². The summed E-state index contributed by atoms with van der Waals surface area (Å²) in [6.45, 7) is 4.00. The summed E-state index contributed by atoms with van der Waals surface area (Å²) in [5, 5.41) is 6.37. The summed E-state index contributed by atoms with van der Waals surface area (Å²) in [7, 11) is 0. The first-order valence-corrected chi connectivity index (χ1v) is 8.09. The molecule has 4 heterocycles. The number of hydrogen-bond acceptors (Lipinski definition) is 3. The average Bonchev–Trinajstić information content (AvgIpc) is 2.98. The molecule has 0 spiro atoms. The summed E-state index contributed by atoms with van der Waals surface area (Å²) in [6, 6.07) is 6.59. The molecule has 2 atom stereocenters.